The van der Waals surface area contributed by atoms with E-state index in [2.05, 4.69) is 9.97 Å². The zero-order chi connectivity index (χ0) is 17.1. The van der Waals surface area contributed by atoms with Crippen molar-refractivity contribution < 1.29 is 9.53 Å². The second-order valence-electron chi connectivity index (χ2n) is 5.83. The van der Waals surface area contributed by atoms with Crippen LogP contribution in [0.15, 0.2) is 67.0 Å². The molecule has 0 saturated heterocycles. The highest BCUT2D eigenvalue weighted by atomic mass is 16.5. The molecule has 0 bridgehead atoms. The second-order valence-corrected chi connectivity index (χ2v) is 5.83. The highest BCUT2D eigenvalue weighted by Crippen LogP contribution is 2.25. The zero-order valence-electron chi connectivity index (χ0n) is 13.6. The molecule has 0 fully saturated rings. The van der Waals surface area contributed by atoms with Crippen LogP contribution in [0, 0.1) is 0 Å². The van der Waals surface area contributed by atoms with Gasteiger partial charge < -0.3 is 4.74 Å². The molecule has 3 aromatic rings. The lowest BCUT2D eigenvalue weighted by Crippen LogP contribution is -2.38. The van der Waals surface area contributed by atoms with Gasteiger partial charge in [-0.05, 0) is 23.8 Å². The minimum absolute atomic E-state index is 0.0855. The van der Waals surface area contributed by atoms with Gasteiger partial charge in [-0.15, -0.1) is 0 Å². The molecule has 1 aliphatic heterocycles. The molecular formula is C20H17N3O2. The van der Waals surface area contributed by atoms with E-state index in [1.807, 2.05) is 48.5 Å². The predicted molar refractivity (Wildman–Crippen MR) is 94.6 cm³/mol. The fourth-order valence-corrected chi connectivity index (χ4v) is 2.87. The lowest BCUT2D eigenvalue weighted by Gasteiger charge is -2.27. The molecule has 5 heteroatoms. The van der Waals surface area contributed by atoms with Crippen LogP contribution in [0.5, 0.6) is 5.75 Å². The standard InChI is InChI=1S/C20H17N3O2/c24-20-17-12-16(25-14-15-6-2-1-3-7-15)13-22-18(17)9-11-23(20)19-8-4-5-10-21-19/h1-8,10,12-13H,9,11,14H2. The minimum atomic E-state index is -0.0855. The number of carbonyl (C=O) groups excluding carboxylic acids is 1. The average molecular weight is 331 g/mol. The van der Waals surface area contributed by atoms with Gasteiger partial charge in [0.05, 0.1) is 17.5 Å². The summed E-state index contributed by atoms with van der Waals surface area (Å²) in [6.07, 6.45) is 4.08. The SMILES string of the molecule is O=C1c2cc(OCc3ccccc3)cnc2CCN1c1ccccn1. The fraction of sp³-hybridized carbons (Fsp3) is 0.150. The molecule has 0 saturated carbocycles. The number of anilines is 1. The van der Waals surface area contributed by atoms with Crippen molar-refractivity contribution in [3.63, 3.8) is 0 Å². The third-order valence-corrected chi connectivity index (χ3v) is 4.17. The van der Waals surface area contributed by atoms with Gasteiger partial charge in [0.2, 0.25) is 0 Å². The van der Waals surface area contributed by atoms with Crippen LogP contribution in [0.3, 0.4) is 0 Å². The molecule has 5 nitrogen and oxygen atoms in total. The number of hydrogen-bond acceptors (Lipinski definition) is 4. The summed E-state index contributed by atoms with van der Waals surface area (Å²) in [5, 5.41) is 0. The molecule has 25 heavy (non-hydrogen) atoms. The molecule has 0 unspecified atom stereocenters. The van der Waals surface area contributed by atoms with Crippen molar-refractivity contribution in [1.82, 2.24) is 9.97 Å². The topological polar surface area (TPSA) is 55.3 Å². The monoisotopic (exact) mass is 331 g/mol. The quantitative estimate of drug-likeness (QED) is 0.736. The summed E-state index contributed by atoms with van der Waals surface area (Å²) in [4.78, 5) is 23.2. The van der Waals surface area contributed by atoms with Crippen LogP contribution in [0.1, 0.15) is 21.6 Å². The Morgan fingerprint density at radius 1 is 1.04 bits per heavy atom. The van der Waals surface area contributed by atoms with Crippen molar-refractivity contribution in [2.45, 2.75) is 13.0 Å². The van der Waals surface area contributed by atoms with Crippen LogP contribution < -0.4 is 9.64 Å². The largest absolute Gasteiger partial charge is 0.487 e. The Morgan fingerprint density at radius 3 is 2.68 bits per heavy atom. The smallest absolute Gasteiger partial charge is 0.261 e. The van der Waals surface area contributed by atoms with Crippen molar-refractivity contribution in [3.05, 3.63) is 83.8 Å². The second kappa shape index (κ2) is 6.73. The van der Waals surface area contributed by atoms with Crippen molar-refractivity contribution in [3.8, 4) is 5.75 Å². The van der Waals surface area contributed by atoms with Gasteiger partial charge in [-0.3, -0.25) is 14.7 Å². The van der Waals surface area contributed by atoms with Gasteiger partial charge in [0.1, 0.15) is 18.2 Å². The number of carbonyl (C=O) groups is 1. The molecule has 0 N–H and O–H groups in total. The number of fused-ring (bicyclic) bond motifs is 1. The molecule has 1 amide bonds. The van der Waals surface area contributed by atoms with Crippen LogP contribution >= 0.6 is 0 Å². The molecule has 1 aliphatic rings. The highest BCUT2D eigenvalue weighted by molar-refractivity contribution is 6.07. The summed E-state index contributed by atoms with van der Waals surface area (Å²) < 4.78 is 5.80. The number of nitrogens with zero attached hydrogens (tertiary/aromatic N) is 3. The van der Waals surface area contributed by atoms with Gasteiger partial charge in [0.25, 0.3) is 5.91 Å². The van der Waals surface area contributed by atoms with E-state index in [9.17, 15) is 4.79 Å². The lowest BCUT2D eigenvalue weighted by molar-refractivity contribution is 0.0978. The molecule has 0 spiro atoms. The van der Waals surface area contributed by atoms with Gasteiger partial charge in [-0.1, -0.05) is 36.4 Å². The Morgan fingerprint density at radius 2 is 1.88 bits per heavy atom. The van der Waals surface area contributed by atoms with E-state index in [1.165, 1.54) is 0 Å². The van der Waals surface area contributed by atoms with Crippen LogP contribution in [-0.2, 0) is 13.0 Å². The van der Waals surface area contributed by atoms with Crippen LogP contribution in [0.2, 0.25) is 0 Å². The normalized spacial score (nSPS) is 13.4. The lowest BCUT2D eigenvalue weighted by atomic mass is 10.0. The first kappa shape index (κ1) is 15.3. The fourth-order valence-electron chi connectivity index (χ4n) is 2.87. The third-order valence-electron chi connectivity index (χ3n) is 4.17. The Hall–Kier alpha value is -3.21. The maximum absolute atomic E-state index is 12.8. The summed E-state index contributed by atoms with van der Waals surface area (Å²) in [7, 11) is 0. The van der Waals surface area contributed by atoms with E-state index in [4.69, 9.17) is 4.74 Å². The van der Waals surface area contributed by atoms with E-state index in [0.29, 0.717) is 36.7 Å². The van der Waals surface area contributed by atoms with Gasteiger partial charge in [0, 0.05) is 19.2 Å². The van der Waals surface area contributed by atoms with Gasteiger partial charge in [0.15, 0.2) is 0 Å². The molecule has 124 valence electrons. The van der Waals surface area contributed by atoms with Crippen molar-refractivity contribution in [1.29, 1.82) is 0 Å². The van der Waals surface area contributed by atoms with Crippen LogP contribution in [0.25, 0.3) is 0 Å². The van der Waals surface area contributed by atoms with E-state index in [-0.39, 0.29) is 5.91 Å². The number of benzene rings is 1. The Bertz CT molecular complexity index is 882. The molecular weight excluding hydrogens is 314 g/mol. The molecule has 0 radical (unpaired) electrons. The number of aromatic nitrogens is 2. The van der Waals surface area contributed by atoms with Crippen LogP contribution in [0.4, 0.5) is 5.82 Å². The van der Waals surface area contributed by atoms with Gasteiger partial charge >= 0.3 is 0 Å². The Balaban J connectivity index is 1.55. The van der Waals surface area contributed by atoms with Crippen LogP contribution in [-0.4, -0.2) is 22.4 Å². The minimum Gasteiger partial charge on any atom is -0.487 e. The van der Waals surface area contributed by atoms with E-state index in [0.717, 1.165) is 11.3 Å². The zero-order valence-corrected chi connectivity index (χ0v) is 13.6. The van der Waals surface area contributed by atoms with E-state index in [1.54, 1.807) is 23.4 Å². The van der Waals surface area contributed by atoms with Crippen molar-refractivity contribution >= 4 is 11.7 Å². The van der Waals surface area contributed by atoms with Crippen molar-refractivity contribution in [2.24, 2.45) is 0 Å². The summed E-state index contributed by atoms with van der Waals surface area (Å²) in [6.45, 7) is 1.03. The average Bonchev–Trinajstić information content (AvgIpc) is 2.68. The molecule has 1 aromatic carbocycles. The van der Waals surface area contributed by atoms with E-state index < -0.39 is 0 Å². The Labute approximate surface area is 145 Å². The summed E-state index contributed by atoms with van der Waals surface area (Å²) in [5.41, 5.74) is 2.47. The molecule has 2 aromatic heterocycles. The molecule has 0 atom stereocenters. The highest BCUT2D eigenvalue weighted by Gasteiger charge is 2.27. The summed E-state index contributed by atoms with van der Waals surface area (Å²) in [5.74, 6) is 1.17. The summed E-state index contributed by atoms with van der Waals surface area (Å²) in [6, 6.07) is 17.2. The first-order chi connectivity index (χ1) is 12.3. The predicted octanol–water partition coefficient (Wildman–Crippen LogP) is 3.26. The number of ether oxygens (including phenoxy) is 1. The van der Waals surface area contributed by atoms with Crippen molar-refractivity contribution in [2.75, 3.05) is 11.4 Å². The van der Waals surface area contributed by atoms with Gasteiger partial charge in [-0.25, -0.2) is 4.98 Å². The Kier molecular flexibility index (Phi) is 4.12. The number of amides is 1. The number of pyridine rings is 2. The molecule has 3 heterocycles. The first-order valence-electron chi connectivity index (χ1n) is 8.20. The number of rotatable bonds is 4. The third kappa shape index (κ3) is 3.21. The van der Waals surface area contributed by atoms with E-state index >= 15 is 0 Å². The number of hydrogen-bond donors (Lipinski definition) is 0. The molecule has 4 rings (SSSR count). The molecule has 0 aliphatic carbocycles. The maximum Gasteiger partial charge on any atom is 0.261 e. The summed E-state index contributed by atoms with van der Waals surface area (Å²) >= 11 is 0. The van der Waals surface area contributed by atoms with Gasteiger partial charge in [-0.2, -0.15) is 0 Å². The first-order valence-corrected chi connectivity index (χ1v) is 8.20. The maximum atomic E-state index is 12.8.